The molecule has 13 heavy (non-hydrogen) atoms. The summed E-state index contributed by atoms with van der Waals surface area (Å²) >= 11 is 4.19. The summed E-state index contributed by atoms with van der Waals surface area (Å²) < 4.78 is 0. The third kappa shape index (κ3) is 15.8. The molecule has 0 spiro atoms. The van der Waals surface area contributed by atoms with Crippen molar-refractivity contribution >= 4 is 12.6 Å². The van der Waals surface area contributed by atoms with Gasteiger partial charge in [0.25, 0.3) is 0 Å². The average Bonchev–Trinajstić information content (AvgIpc) is 2.10. The molecular formula is C11H24AuS. The zero-order chi connectivity index (χ0) is 9.07. The second kappa shape index (κ2) is 15.6. The largest absolute Gasteiger partial charge is 0.179 e. The Bertz CT molecular complexity index is 66.5. The molecule has 0 nitrogen and oxygen atoms in total. The molecule has 2 heteroatoms. The average molecular weight is 385 g/mol. The van der Waals surface area contributed by atoms with Crippen LogP contribution in [0.1, 0.15) is 64.7 Å². The van der Waals surface area contributed by atoms with E-state index in [-0.39, 0.29) is 22.4 Å². The van der Waals surface area contributed by atoms with Gasteiger partial charge in [0.05, 0.1) is 0 Å². The molecule has 0 saturated carbocycles. The van der Waals surface area contributed by atoms with E-state index in [0.717, 1.165) is 5.75 Å². The van der Waals surface area contributed by atoms with Crippen molar-refractivity contribution in [2.24, 2.45) is 0 Å². The topological polar surface area (TPSA) is 0 Å². The smallest absolute Gasteiger partial charge is 0 e. The minimum absolute atomic E-state index is 0. The van der Waals surface area contributed by atoms with E-state index in [1.165, 1.54) is 57.8 Å². The molecule has 0 aliphatic carbocycles. The first kappa shape index (κ1) is 16.5. The second-order valence-electron chi connectivity index (χ2n) is 3.55. The fourth-order valence-electron chi connectivity index (χ4n) is 1.42. The van der Waals surface area contributed by atoms with Gasteiger partial charge >= 0.3 is 0 Å². The Morgan fingerprint density at radius 3 is 1.46 bits per heavy atom. The number of unbranched alkanes of at least 4 members (excludes halogenated alkanes) is 8. The maximum atomic E-state index is 4.19. The third-order valence-electron chi connectivity index (χ3n) is 2.26. The second-order valence-corrected chi connectivity index (χ2v) is 4.00. The summed E-state index contributed by atoms with van der Waals surface area (Å²) in [4.78, 5) is 0. The maximum absolute atomic E-state index is 4.19. The molecule has 0 aliphatic rings. The molecule has 0 saturated heterocycles. The molecular weight excluding hydrogens is 361 g/mol. The Balaban J connectivity index is 0. The first-order chi connectivity index (χ1) is 5.91. The normalized spacial score (nSPS) is 9.69. The third-order valence-corrected chi connectivity index (χ3v) is 2.58. The van der Waals surface area contributed by atoms with E-state index in [0.29, 0.717) is 0 Å². The molecule has 0 fully saturated rings. The molecule has 0 amide bonds. The van der Waals surface area contributed by atoms with Gasteiger partial charge in [-0.05, 0) is 12.2 Å². The van der Waals surface area contributed by atoms with Crippen LogP contribution in [0.3, 0.4) is 0 Å². The summed E-state index contributed by atoms with van der Waals surface area (Å²) in [5.41, 5.74) is 0. The SMILES string of the molecule is CCCCCCCCCCCS.[Au]. The molecule has 0 aromatic carbocycles. The quantitative estimate of drug-likeness (QED) is 0.339. The Morgan fingerprint density at radius 1 is 0.692 bits per heavy atom. The number of thiol groups is 1. The molecule has 1 radical (unpaired) electrons. The van der Waals surface area contributed by atoms with Gasteiger partial charge in [0.1, 0.15) is 0 Å². The van der Waals surface area contributed by atoms with Gasteiger partial charge in [-0.25, -0.2) is 0 Å². The number of rotatable bonds is 9. The van der Waals surface area contributed by atoms with Crippen LogP contribution in [0, 0.1) is 0 Å². The van der Waals surface area contributed by atoms with Crippen molar-refractivity contribution in [3.05, 3.63) is 0 Å². The van der Waals surface area contributed by atoms with E-state index >= 15 is 0 Å². The van der Waals surface area contributed by atoms with E-state index in [1.807, 2.05) is 0 Å². The van der Waals surface area contributed by atoms with E-state index in [9.17, 15) is 0 Å². The minimum Gasteiger partial charge on any atom is -0.179 e. The van der Waals surface area contributed by atoms with Crippen molar-refractivity contribution in [2.75, 3.05) is 5.75 Å². The van der Waals surface area contributed by atoms with Crippen LogP contribution < -0.4 is 0 Å². The molecule has 0 heterocycles. The predicted octanol–water partition coefficient (Wildman–Crippen LogP) is 4.44. The molecule has 0 unspecified atom stereocenters. The standard InChI is InChI=1S/C11H24S.Au/c1-2-3-4-5-6-7-8-9-10-11-12;/h12H,2-11H2,1H3;. The summed E-state index contributed by atoms with van der Waals surface area (Å²) in [7, 11) is 0. The molecule has 85 valence electrons. The van der Waals surface area contributed by atoms with Crippen LogP contribution in [0.25, 0.3) is 0 Å². The summed E-state index contributed by atoms with van der Waals surface area (Å²) in [6, 6.07) is 0. The predicted molar refractivity (Wildman–Crippen MR) is 61.1 cm³/mol. The number of hydrogen-bond acceptors (Lipinski definition) is 1. The van der Waals surface area contributed by atoms with Crippen LogP contribution in [0.15, 0.2) is 0 Å². The summed E-state index contributed by atoms with van der Waals surface area (Å²) in [5, 5.41) is 0. The van der Waals surface area contributed by atoms with Crippen molar-refractivity contribution < 1.29 is 22.4 Å². The van der Waals surface area contributed by atoms with Gasteiger partial charge in [0.15, 0.2) is 0 Å². The van der Waals surface area contributed by atoms with Gasteiger partial charge in [0.2, 0.25) is 0 Å². The van der Waals surface area contributed by atoms with Gasteiger partial charge < -0.3 is 0 Å². The molecule has 0 aromatic heterocycles. The van der Waals surface area contributed by atoms with E-state index in [2.05, 4.69) is 19.6 Å². The van der Waals surface area contributed by atoms with Gasteiger partial charge in [0, 0.05) is 22.4 Å². The van der Waals surface area contributed by atoms with Crippen LogP contribution in [0.4, 0.5) is 0 Å². The van der Waals surface area contributed by atoms with Gasteiger partial charge in [-0.2, -0.15) is 12.6 Å². The molecule has 0 aliphatic heterocycles. The maximum Gasteiger partial charge on any atom is 0 e. The van der Waals surface area contributed by atoms with Gasteiger partial charge in [-0.3, -0.25) is 0 Å². The van der Waals surface area contributed by atoms with E-state index < -0.39 is 0 Å². The molecule has 0 atom stereocenters. The van der Waals surface area contributed by atoms with Crippen molar-refractivity contribution in [3.8, 4) is 0 Å². The van der Waals surface area contributed by atoms with Gasteiger partial charge in [-0.1, -0.05) is 58.3 Å². The van der Waals surface area contributed by atoms with Crippen LogP contribution in [-0.2, 0) is 22.4 Å². The fraction of sp³-hybridized carbons (Fsp3) is 1.00. The Labute approximate surface area is 105 Å². The number of hydrogen-bond donors (Lipinski definition) is 1. The van der Waals surface area contributed by atoms with Crippen LogP contribution in [0.2, 0.25) is 0 Å². The Morgan fingerprint density at radius 2 is 1.08 bits per heavy atom. The van der Waals surface area contributed by atoms with Crippen molar-refractivity contribution in [1.29, 1.82) is 0 Å². The minimum atomic E-state index is 0. The van der Waals surface area contributed by atoms with E-state index in [4.69, 9.17) is 0 Å². The Kier molecular flexibility index (Phi) is 19.8. The van der Waals surface area contributed by atoms with Crippen LogP contribution >= 0.6 is 12.6 Å². The van der Waals surface area contributed by atoms with Crippen molar-refractivity contribution in [1.82, 2.24) is 0 Å². The summed E-state index contributed by atoms with van der Waals surface area (Å²) in [6.45, 7) is 2.27. The van der Waals surface area contributed by atoms with E-state index in [1.54, 1.807) is 0 Å². The molecule has 0 rings (SSSR count). The molecule has 0 N–H and O–H groups in total. The van der Waals surface area contributed by atoms with Crippen molar-refractivity contribution in [3.63, 3.8) is 0 Å². The summed E-state index contributed by atoms with van der Waals surface area (Å²) in [5.74, 6) is 1.07. The summed E-state index contributed by atoms with van der Waals surface area (Å²) in [6.07, 6.45) is 12.7. The van der Waals surface area contributed by atoms with Crippen LogP contribution in [0.5, 0.6) is 0 Å². The Hall–Kier alpha value is 1.09. The zero-order valence-electron chi connectivity index (χ0n) is 8.82. The molecule has 0 aromatic rings. The monoisotopic (exact) mass is 385 g/mol. The molecule has 0 bridgehead atoms. The fourth-order valence-corrected chi connectivity index (χ4v) is 1.65. The first-order valence-corrected chi connectivity index (χ1v) is 6.16. The van der Waals surface area contributed by atoms with Crippen molar-refractivity contribution in [2.45, 2.75) is 64.7 Å². The first-order valence-electron chi connectivity index (χ1n) is 5.52. The van der Waals surface area contributed by atoms with Gasteiger partial charge in [-0.15, -0.1) is 0 Å². The zero-order valence-corrected chi connectivity index (χ0v) is 11.9. The van der Waals surface area contributed by atoms with Crippen LogP contribution in [-0.4, -0.2) is 5.75 Å².